The molecule has 1 N–H and O–H groups in total. The first kappa shape index (κ1) is 16.0. The van der Waals surface area contributed by atoms with E-state index in [1.807, 2.05) is 30.3 Å². The highest BCUT2D eigenvalue weighted by Crippen LogP contribution is 2.29. The Kier molecular flexibility index (Phi) is 4.20. The van der Waals surface area contributed by atoms with Gasteiger partial charge in [0, 0.05) is 36.5 Å². The number of amides is 1. The van der Waals surface area contributed by atoms with Crippen molar-refractivity contribution >= 4 is 17.4 Å². The molecule has 0 bridgehead atoms. The predicted octanol–water partition coefficient (Wildman–Crippen LogP) is 3.62. The van der Waals surface area contributed by atoms with Crippen molar-refractivity contribution in [2.45, 2.75) is 12.8 Å². The van der Waals surface area contributed by atoms with Gasteiger partial charge in [-0.1, -0.05) is 24.3 Å². The number of nitrogens with one attached hydrogen (secondary N) is 1. The molecule has 4 rings (SSSR count). The molecule has 1 aliphatic rings. The second kappa shape index (κ2) is 6.81. The number of pyridine rings is 1. The Morgan fingerprint density at radius 1 is 1.19 bits per heavy atom. The third-order valence-corrected chi connectivity index (χ3v) is 4.70. The minimum Gasteiger partial charge on any atom is -0.295 e. The number of hydrogen-bond donors (Lipinski definition) is 1. The number of rotatable bonds is 4. The molecule has 1 amide bonds. The zero-order chi connectivity index (χ0) is 17.9. The van der Waals surface area contributed by atoms with Crippen LogP contribution in [0.3, 0.4) is 0 Å². The summed E-state index contributed by atoms with van der Waals surface area (Å²) in [5, 5.41) is 7.31. The Morgan fingerprint density at radius 2 is 1.96 bits per heavy atom. The third kappa shape index (κ3) is 3.07. The first-order valence-corrected chi connectivity index (χ1v) is 8.48. The van der Waals surface area contributed by atoms with E-state index in [1.54, 1.807) is 29.4 Å². The number of carbonyl (C=O) groups is 1. The lowest BCUT2D eigenvalue weighted by Crippen LogP contribution is -2.28. The smallest absolute Gasteiger partial charge is 0.231 e. The van der Waals surface area contributed by atoms with Gasteiger partial charge in [-0.2, -0.15) is 5.10 Å². The van der Waals surface area contributed by atoms with Gasteiger partial charge < -0.3 is 0 Å². The van der Waals surface area contributed by atoms with Gasteiger partial charge in [0.25, 0.3) is 0 Å². The lowest BCUT2D eigenvalue weighted by atomic mass is 9.98. The second-order valence-electron chi connectivity index (χ2n) is 6.33. The van der Waals surface area contributed by atoms with E-state index in [-0.39, 0.29) is 11.8 Å². The molecule has 6 heteroatoms. The molecule has 0 aliphatic carbocycles. The van der Waals surface area contributed by atoms with E-state index >= 15 is 0 Å². The molecule has 6 nitrogen and oxygen atoms in total. The van der Waals surface area contributed by atoms with Gasteiger partial charge in [0.05, 0.1) is 12.3 Å². The van der Waals surface area contributed by atoms with Crippen LogP contribution in [0.15, 0.2) is 54.9 Å². The minimum absolute atomic E-state index is 0.0464. The van der Waals surface area contributed by atoms with E-state index < -0.39 is 0 Å². The molecule has 1 atom stereocenters. The first-order chi connectivity index (χ1) is 12.7. The Bertz CT molecular complexity index is 956. The molecular weight excluding hydrogens is 326 g/mol. The number of anilines is 1. The van der Waals surface area contributed by atoms with Crippen molar-refractivity contribution in [3.05, 3.63) is 71.8 Å². The van der Waals surface area contributed by atoms with Crippen molar-refractivity contribution in [2.75, 3.05) is 11.4 Å². The molecule has 0 unspecified atom stereocenters. The van der Waals surface area contributed by atoms with Crippen LogP contribution in [0, 0.1) is 12.5 Å². The maximum atomic E-state index is 12.8. The van der Waals surface area contributed by atoms with Crippen LogP contribution in [0.1, 0.15) is 12.0 Å². The highest BCUT2D eigenvalue weighted by molar-refractivity contribution is 5.96. The zero-order valence-corrected chi connectivity index (χ0v) is 14.1. The highest BCUT2D eigenvalue weighted by atomic mass is 16.2. The topological polar surface area (TPSA) is 66.2 Å². The molecule has 0 radical (unpaired) electrons. The van der Waals surface area contributed by atoms with Gasteiger partial charge in [0.1, 0.15) is 0 Å². The summed E-state index contributed by atoms with van der Waals surface area (Å²) in [6, 6.07) is 13.2. The maximum absolute atomic E-state index is 12.8. The van der Waals surface area contributed by atoms with Crippen LogP contribution in [0.4, 0.5) is 11.5 Å². The summed E-state index contributed by atoms with van der Waals surface area (Å²) < 4.78 is 0. The van der Waals surface area contributed by atoms with Gasteiger partial charge in [0.15, 0.2) is 11.5 Å². The van der Waals surface area contributed by atoms with Gasteiger partial charge in [-0.15, -0.1) is 0 Å². The van der Waals surface area contributed by atoms with E-state index in [0.29, 0.717) is 24.5 Å². The van der Waals surface area contributed by atoms with Crippen LogP contribution in [0.5, 0.6) is 0 Å². The molecule has 26 heavy (non-hydrogen) atoms. The third-order valence-electron chi connectivity index (χ3n) is 4.70. The van der Waals surface area contributed by atoms with Crippen molar-refractivity contribution in [3.63, 3.8) is 0 Å². The zero-order valence-electron chi connectivity index (χ0n) is 14.1. The summed E-state index contributed by atoms with van der Waals surface area (Å²) >= 11 is 0. The van der Waals surface area contributed by atoms with Crippen LogP contribution in [-0.4, -0.2) is 27.6 Å². The fourth-order valence-electron chi connectivity index (χ4n) is 3.28. The lowest BCUT2D eigenvalue weighted by Gasteiger charge is -2.13. The lowest BCUT2D eigenvalue weighted by molar-refractivity contribution is -0.120. The quantitative estimate of drug-likeness (QED) is 0.736. The largest absolute Gasteiger partial charge is 0.295 e. The fraction of sp³-hybridized carbons (Fsp3) is 0.200. The normalized spacial score (nSPS) is 16.7. The van der Waals surface area contributed by atoms with Gasteiger partial charge in [0.2, 0.25) is 5.91 Å². The molecule has 1 saturated heterocycles. The number of nitrogens with zero attached hydrogens (tertiary/aromatic N) is 4. The van der Waals surface area contributed by atoms with E-state index in [1.165, 1.54) is 0 Å². The van der Waals surface area contributed by atoms with Crippen molar-refractivity contribution < 1.29 is 4.79 Å². The van der Waals surface area contributed by atoms with Crippen molar-refractivity contribution in [1.82, 2.24) is 15.2 Å². The molecule has 128 valence electrons. The Labute approximate surface area is 151 Å². The Morgan fingerprint density at radius 3 is 2.69 bits per heavy atom. The van der Waals surface area contributed by atoms with Gasteiger partial charge in [-0.3, -0.25) is 19.8 Å². The molecule has 1 aliphatic heterocycles. The van der Waals surface area contributed by atoms with Crippen molar-refractivity contribution in [3.8, 4) is 11.3 Å². The van der Waals surface area contributed by atoms with Gasteiger partial charge >= 0.3 is 0 Å². The summed E-state index contributed by atoms with van der Waals surface area (Å²) in [6.45, 7) is 7.68. The molecule has 3 aromatic rings. The summed E-state index contributed by atoms with van der Waals surface area (Å²) in [7, 11) is 0. The maximum Gasteiger partial charge on any atom is 0.231 e. The predicted molar refractivity (Wildman–Crippen MR) is 98.7 cm³/mol. The van der Waals surface area contributed by atoms with Crippen LogP contribution in [-0.2, 0) is 11.2 Å². The molecule has 1 fully saturated rings. The standard InChI is InChI=1S/C20H17N5O/c1-21-17-4-2-14(3-5-17)12-16-8-11-25(20(16)26)19-13-18(23-24-19)15-6-9-22-10-7-15/h2-7,9-10,13,16H,8,11-12H2,(H,23,24)/t16-/m0/s1. The minimum atomic E-state index is -0.0464. The number of H-pyrrole nitrogens is 1. The Balaban J connectivity index is 1.47. The number of aromatic amines is 1. The van der Waals surface area contributed by atoms with E-state index in [4.69, 9.17) is 6.57 Å². The second-order valence-corrected chi connectivity index (χ2v) is 6.33. The SMILES string of the molecule is [C-]#[N+]c1ccc(C[C@@H]2CCN(c3cc(-c4ccncc4)[nH]n3)C2=O)cc1. The average molecular weight is 343 g/mol. The summed E-state index contributed by atoms with van der Waals surface area (Å²) in [5.74, 6) is 0.717. The molecular formula is C20H17N5O. The van der Waals surface area contributed by atoms with Gasteiger partial charge in [-0.25, -0.2) is 4.85 Å². The number of carbonyl (C=O) groups excluding carboxylic acids is 1. The van der Waals surface area contributed by atoms with Crippen LogP contribution in [0.25, 0.3) is 16.1 Å². The molecule has 3 heterocycles. The fourth-order valence-corrected chi connectivity index (χ4v) is 3.28. The monoisotopic (exact) mass is 343 g/mol. The Hall–Kier alpha value is -3.46. The van der Waals surface area contributed by atoms with E-state index in [9.17, 15) is 4.79 Å². The highest BCUT2D eigenvalue weighted by Gasteiger charge is 2.33. The first-order valence-electron chi connectivity index (χ1n) is 8.48. The summed E-state index contributed by atoms with van der Waals surface area (Å²) in [6.07, 6.45) is 4.95. The van der Waals surface area contributed by atoms with E-state index in [2.05, 4.69) is 20.0 Å². The number of hydrogen-bond acceptors (Lipinski definition) is 3. The van der Waals surface area contributed by atoms with E-state index in [0.717, 1.165) is 23.2 Å². The number of benzene rings is 1. The number of aromatic nitrogens is 3. The van der Waals surface area contributed by atoms with Crippen LogP contribution < -0.4 is 4.90 Å². The van der Waals surface area contributed by atoms with Crippen molar-refractivity contribution in [2.24, 2.45) is 5.92 Å². The molecule has 0 spiro atoms. The summed E-state index contributed by atoms with van der Waals surface area (Å²) in [4.78, 5) is 22.0. The molecule has 2 aromatic heterocycles. The molecule has 0 saturated carbocycles. The summed E-state index contributed by atoms with van der Waals surface area (Å²) in [5.41, 5.74) is 3.56. The van der Waals surface area contributed by atoms with Crippen LogP contribution in [0.2, 0.25) is 0 Å². The van der Waals surface area contributed by atoms with Crippen LogP contribution >= 0.6 is 0 Å². The van der Waals surface area contributed by atoms with Crippen molar-refractivity contribution in [1.29, 1.82) is 0 Å². The molecule has 1 aromatic carbocycles. The average Bonchev–Trinajstić information content (AvgIpc) is 3.31. The van der Waals surface area contributed by atoms with Gasteiger partial charge in [-0.05, 0) is 30.5 Å².